The first kappa shape index (κ1) is 17.7. The summed E-state index contributed by atoms with van der Waals surface area (Å²) in [5, 5.41) is 4.49. The third-order valence-electron chi connectivity index (χ3n) is 3.48. The summed E-state index contributed by atoms with van der Waals surface area (Å²) >= 11 is 0. The summed E-state index contributed by atoms with van der Waals surface area (Å²) in [6.45, 7) is 7.46. The van der Waals surface area contributed by atoms with Gasteiger partial charge < -0.3 is 0 Å². The zero-order valence-electron chi connectivity index (χ0n) is 13.6. The van der Waals surface area contributed by atoms with Gasteiger partial charge in [-0.05, 0) is 34.4 Å². The fourth-order valence-electron chi connectivity index (χ4n) is 2.15. The van der Waals surface area contributed by atoms with Crippen molar-refractivity contribution in [1.29, 1.82) is 0 Å². The summed E-state index contributed by atoms with van der Waals surface area (Å²) in [5.41, 5.74) is 1.42. The molecule has 0 spiro atoms. The Morgan fingerprint density at radius 3 is 2.54 bits per heavy atom. The van der Waals surface area contributed by atoms with Crippen molar-refractivity contribution in [3.8, 4) is 11.2 Å². The summed E-state index contributed by atoms with van der Waals surface area (Å²) in [6, 6.07) is 13.5. The van der Waals surface area contributed by atoms with Crippen LogP contribution in [0.3, 0.4) is 0 Å². The lowest BCUT2D eigenvalue weighted by atomic mass is 10.1. The first-order chi connectivity index (χ1) is 11.5. The number of benzene rings is 2. The van der Waals surface area contributed by atoms with E-state index in [1.165, 1.54) is 11.4 Å². The minimum Gasteiger partial charge on any atom is -0.198 e. The fourth-order valence-corrected chi connectivity index (χ4v) is 2.87. The standard InChI is InChI=1S/C20H19NO2S/c1-4-8-17(5-2)16-21(3)24(22,23)14-13-18-11-12-19-9-6-7-10-20(19)15-18/h4-12,15H,1-2,16H2,3H3/b17-8+. The highest BCUT2D eigenvalue weighted by Crippen LogP contribution is 2.15. The van der Waals surface area contributed by atoms with Crippen LogP contribution in [0.5, 0.6) is 0 Å². The van der Waals surface area contributed by atoms with Crippen LogP contribution in [0.25, 0.3) is 10.8 Å². The first-order valence-electron chi connectivity index (χ1n) is 7.38. The zero-order chi connectivity index (χ0) is 17.6. The summed E-state index contributed by atoms with van der Waals surface area (Å²) in [6.07, 6.45) is 4.92. The highest BCUT2D eigenvalue weighted by molar-refractivity contribution is 7.93. The lowest BCUT2D eigenvalue weighted by Gasteiger charge is -2.13. The van der Waals surface area contributed by atoms with Crippen molar-refractivity contribution in [1.82, 2.24) is 4.31 Å². The smallest absolute Gasteiger partial charge is 0.198 e. The average Bonchev–Trinajstić information content (AvgIpc) is 2.59. The third-order valence-corrected chi connectivity index (χ3v) is 4.79. The van der Waals surface area contributed by atoms with E-state index in [0.717, 1.165) is 16.3 Å². The van der Waals surface area contributed by atoms with Crippen molar-refractivity contribution >= 4 is 20.8 Å². The molecule has 0 aliphatic rings. The molecule has 0 aliphatic heterocycles. The van der Waals surface area contributed by atoms with E-state index < -0.39 is 10.0 Å². The van der Waals surface area contributed by atoms with Crippen LogP contribution in [0.15, 0.2) is 79.4 Å². The van der Waals surface area contributed by atoms with Gasteiger partial charge in [-0.2, -0.15) is 12.7 Å². The van der Waals surface area contributed by atoms with E-state index in [9.17, 15) is 8.42 Å². The second-order valence-electron chi connectivity index (χ2n) is 5.23. The number of hydrogen-bond donors (Lipinski definition) is 0. The van der Waals surface area contributed by atoms with E-state index in [0.29, 0.717) is 5.56 Å². The molecule has 4 heteroatoms. The second-order valence-corrected chi connectivity index (χ2v) is 7.01. The van der Waals surface area contributed by atoms with Crippen LogP contribution in [-0.2, 0) is 10.0 Å². The second kappa shape index (κ2) is 7.78. The van der Waals surface area contributed by atoms with Crippen molar-refractivity contribution in [2.75, 3.05) is 13.6 Å². The van der Waals surface area contributed by atoms with E-state index in [1.807, 2.05) is 42.5 Å². The lowest BCUT2D eigenvalue weighted by Crippen LogP contribution is -2.27. The molecule has 24 heavy (non-hydrogen) atoms. The molecule has 3 nitrogen and oxygen atoms in total. The third kappa shape index (κ3) is 4.45. The van der Waals surface area contributed by atoms with E-state index in [2.05, 4.69) is 24.3 Å². The Kier molecular flexibility index (Phi) is 5.75. The van der Waals surface area contributed by atoms with Crippen molar-refractivity contribution in [2.24, 2.45) is 0 Å². The van der Waals surface area contributed by atoms with E-state index in [1.54, 1.807) is 18.2 Å². The number of likely N-dealkylation sites (N-methyl/N-ethyl adjacent to an activating group) is 1. The van der Waals surface area contributed by atoms with Crippen LogP contribution >= 0.6 is 0 Å². The van der Waals surface area contributed by atoms with Crippen LogP contribution in [0.1, 0.15) is 5.56 Å². The Bertz CT molecular complexity index is 960. The maximum absolute atomic E-state index is 12.3. The summed E-state index contributed by atoms with van der Waals surface area (Å²) in [5.74, 6) is 2.74. The van der Waals surface area contributed by atoms with Gasteiger partial charge in [0.2, 0.25) is 0 Å². The highest BCUT2D eigenvalue weighted by Gasteiger charge is 2.15. The van der Waals surface area contributed by atoms with E-state index in [4.69, 9.17) is 0 Å². The van der Waals surface area contributed by atoms with Gasteiger partial charge in [0, 0.05) is 24.4 Å². The number of rotatable bonds is 5. The molecular weight excluding hydrogens is 318 g/mol. The van der Waals surface area contributed by atoms with Gasteiger partial charge in [-0.1, -0.05) is 61.7 Å². The molecule has 0 aliphatic carbocycles. The maximum Gasteiger partial charge on any atom is 0.283 e. The van der Waals surface area contributed by atoms with Crippen molar-refractivity contribution < 1.29 is 8.42 Å². The largest absolute Gasteiger partial charge is 0.283 e. The number of nitrogens with zero attached hydrogens (tertiary/aromatic N) is 1. The Balaban J connectivity index is 2.24. The minimum atomic E-state index is -3.69. The van der Waals surface area contributed by atoms with E-state index in [-0.39, 0.29) is 6.54 Å². The molecule has 122 valence electrons. The van der Waals surface area contributed by atoms with Crippen molar-refractivity contribution in [2.45, 2.75) is 0 Å². The molecule has 2 aromatic rings. The molecule has 0 aromatic heterocycles. The Hall–Kier alpha value is -2.61. The highest BCUT2D eigenvalue weighted by atomic mass is 32.2. The van der Waals surface area contributed by atoms with Gasteiger partial charge in [-0.15, -0.1) is 0 Å². The predicted octanol–water partition coefficient (Wildman–Crippen LogP) is 3.71. The number of sulfonamides is 1. The van der Waals surface area contributed by atoms with Gasteiger partial charge in [0.1, 0.15) is 0 Å². The molecule has 0 radical (unpaired) electrons. The molecule has 2 aromatic carbocycles. The minimum absolute atomic E-state index is 0.199. The van der Waals surface area contributed by atoms with Gasteiger partial charge in [0.15, 0.2) is 0 Å². The molecule has 0 unspecified atom stereocenters. The molecule has 0 saturated carbocycles. The molecule has 0 amide bonds. The van der Waals surface area contributed by atoms with Crippen molar-refractivity contribution in [3.05, 3.63) is 85.0 Å². The average molecular weight is 337 g/mol. The molecule has 2 rings (SSSR count). The summed E-state index contributed by atoms with van der Waals surface area (Å²) in [4.78, 5) is 0. The maximum atomic E-state index is 12.3. The van der Waals surface area contributed by atoms with Gasteiger partial charge >= 0.3 is 0 Å². The van der Waals surface area contributed by atoms with Gasteiger partial charge in [0.25, 0.3) is 10.0 Å². The number of allylic oxidation sites excluding steroid dienone is 2. The molecular formula is C20H19NO2S. The molecule has 0 bridgehead atoms. The Labute approximate surface area is 143 Å². The first-order valence-corrected chi connectivity index (χ1v) is 8.82. The predicted molar refractivity (Wildman–Crippen MR) is 101 cm³/mol. The molecule has 0 N–H and O–H groups in total. The molecule has 0 saturated heterocycles. The Morgan fingerprint density at radius 2 is 1.88 bits per heavy atom. The van der Waals surface area contributed by atoms with Crippen LogP contribution in [0, 0.1) is 11.2 Å². The normalized spacial score (nSPS) is 11.8. The van der Waals surface area contributed by atoms with Gasteiger partial charge in [-0.3, -0.25) is 0 Å². The van der Waals surface area contributed by atoms with Crippen molar-refractivity contribution in [3.63, 3.8) is 0 Å². The summed E-state index contributed by atoms with van der Waals surface area (Å²) < 4.78 is 25.8. The number of hydrogen-bond acceptors (Lipinski definition) is 2. The summed E-state index contributed by atoms with van der Waals surface area (Å²) in [7, 11) is -2.20. The topological polar surface area (TPSA) is 37.4 Å². The van der Waals surface area contributed by atoms with Crippen LogP contribution in [-0.4, -0.2) is 26.3 Å². The van der Waals surface area contributed by atoms with Crippen LogP contribution < -0.4 is 0 Å². The molecule has 0 atom stereocenters. The monoisotopic (exact) mass is 337 g/mol. The van der Waals surface area contributed by atoms with Gasteiger partial charge in [0.05, 0.1) is 0 Å². The van der Waals surface area contributed by atoms with E-state index >= 15 is 0 Å². The fraction of sp³-hybridized carbons (Fsp3) is 0.100. The SMILES string of the molecule is C=C/C=C(\C=C)CN(C)S(=O)(=O)C#Cc1ccc2ccccc2c1. The lowest BCUT2D eigenvalue weighted by molar-refractivity contribution is 0.506. The molecule has 0 heterocycles. The Morgan fingerprint density at radius 1 is 1.17 bits per heavy atom. The number of fused-ring (bicyclic) bond motifs is 1. The molecule has 0 fully saturated rings. The van der Waals surface area contributed by atoms with Gasteiger partial charge in [-0.25, -0.2) is 0 Å². The van der Waals surface area contributed by atoms with Crippen LogP contribution in [0.4, 0.5) is 0 Å². The zero-order valence-corrected chi connectivity index (χ0v) is 14.4. The quantitative estimate of drug-likeness (QED) is 0.616. The van der Waals surface area contributed by atoms with Crippen LogP contribution in [0.2, 0.25) is 0 Å².